The van der Waals surface area contributed by atoms with Crippen LogP contribution in [0.2, 0.25) is 0 Å². The van der Waals surface area contributed by atoms with Crippen LogP contribution in [-0.4, -0.2) is 0 Å². The highest BCUT2D eigenvalue weighted by molar-refractivity contribution is 4.85. The molecular formula is C28H52. The van der Waals surface area contributed by atoms with Crippen molar-refractivity contribution in [3.8, 4) is 0 Å². The lowest BCUT2D eigenvalue weighted by Crippen LogP contribution is -1.77. The smallest absolute Gasteiger partial charge is 0.0351 e. The molecule has 0 aromatic carbocycles. The van der Waals surface area contributed by atoms with Crippen molar-refractivity contribution in [3.63, 3.8) is 0 Å². The van der Waals surface area contributed by atoms with Gasteiger partial charge in [0.25, 0.3) is 0 Å². The van der Waals surface area contributed by atoms with E-state index in [2.05, 4.69) is 76.3 Å². The molecule has 28 heavy (non-hydrogen) atoms. The first-order valence-electron chi connectivity index (χ1n) is 12.4. The molecule has 0 aliphatic heterocycles. The Morgan fingerprint density at radius 1 is 0.464 bits per heavy atom. The molecule has 0 unspecified atom stereocenters. The third-order valence-corrected chi connectivity index (χ3v) is 4.47. The van der Waals surface area contributed by atoms with Crippen LogP contribution in [-0.2, 0) is 0 Å². The lowest BCUT2D eigenvalue weighted by Gasteiger charge is -1.97. The van der Waals surface area contributed by atoms with E-state index in [1.165, 1.54) is 103 Å². The van der Waals surface area contributed by atoms with Crippen LogP contribution in [0.1, 0.15) is 130 Å². The van der Waals surface area contributed by atoms with Gasteiger partial charge < -0.3 is 0 Å². The Bertz CT molecular complexity index is 322. The molecule has 0 radical (unpaired) electrons. The minimum atomic E-state index is 1.25. The summed E-state index contributed by atoms with van der Waals surface area (Å²) < 4.78 is 0. The summed E-state index contributed by atoms with van der Waals surface area (Å²) in [6.45, 7) is 8.86. The van der Waals surface area contributed by atoms with Crippen LogP contribution < -0.4 is 0 Å². The maximum atomic E-state index is 2.33. The summed E-state index contributed by atoms with van der Waals surface area (Å²) in [5.41, 5.74) is 0. The molecule has 0 saturated heterocycles. The van der Waals surface area contributed by atoms with Gasteiger partial charge in [0.2, 0.25) is 0 Å². The number of unbranched alkanes of at least 4 members (excludes halogenated alkanes) is 7. The Balaban J connectivity index is 0. The van der Waals surface area contributed by atoms with E-state index < -0.39 is 0 Å². The van der Waals surface area contributed by atoms with Crippen LogP contribution in [0.4, 0.5) is 0 Å². The molecule has 0 spiro atoms. The molecule has 0 amide bonds. The van der Waals surface area contributed by atoms with Gasteiger partial charge in [-0.1, -0.05) is 102 Å². The zero-order valence-electron chi connectivity index (χ0n) is 19.9. The van der Waals surface area contributed by atoms with E-state index in [0.29, 0.717) is 0 Å². The number of allylic oxidation sites excluding steroid dienone is 8. The lowest BCUT2D eigenvalue weighted by atomic mass is 10.1. The second-order valence-electron chi connectivity index (χ2n) is 7.61. The predicted octanol–water partition coefficient (Wildman–Crippen LogP) is 10.5. The standard InChI is InChI=1S/C14H26.C8H16.C6H10/c1-3-5-7-9-11-13-14-12-10-8-6-4-2;1-3-5-7-8-6-4-2;1-2-4-6-5-3-1/h7-10H,3-6,11-14H2,1-2H3;7-8H,3-6H2,1-2H3;1-2H,3-6H2/b9-7+,10-8+;8-7+;. The topological polar surface area (TPSA) is 0 Å². The SMILES string of the molecule is C1=CCCCC1.CCC/C=C/CCC.CCC/C=C/CCCC/C=C/CCC. The summed E-state index contributed by atoms with van der Waals surface area (Å²) in [5, 5.41) is 0. The summed E-state index contributed by atoms with van der Waals surface area (Å²) in [4.78, 5) is 0. The van der Waals surface area contributed by atoms with Crippen molar-refractivity contribution in [3.05, 3.63) is 48.6 Å². The van der Waals surface area contributed by atoms with E-state index in [-0.39, 0.29) is 0 Å². The zero-order valence-corrected chi connectivity index (χ0v) is 19.9. The van der Waals surface area contributed by atoms with E-state index in [0.717, 1.165) is 0 Å². The molecule has 0 nitrogen and oxygen atoms in total. The number of hydrogen-bond donors (Lipinski definition) is 0. The first kappa shape index (κ1) is 29.2. The third kappa shape index (κ3) is 32.6. The molecule has 0 bridgehead atoms. The highest BCUT2D eigenvalue weighted by Crippen LogP contribution is 2.07. The fourth-order valence-electron chi connectivity index (χ4n) is 2.66. The minimum Gasteiger partial charge on any atom is -0.0885 e. The maximum absolute atomic E-state index is 2.33. The zero-order chi connectivity index (χ0) is 21.0. The second-order valence-corrected chi connectivity index (χ2v) is 7.61. The predicted molar refractivity (Wildman–Crippen MR) is 133 cm³/mol. The molecule has 0 aromatic heterocycles. The third-order valence-electron chi connectivity index (χ3n) is 4.47. The lowest BCUT2D eigenvalue weighted by molar-refractivity contribution is 0.730. The van der Waals surface area contributed by atoms with Crippen LogP contribution in [0.25, 0.3) is 0 Å². The average molecular weight is 389 g/mol. The fourth-order valence-corrected chi connectivity index (χ4v) is 2.66. The highest BCUT2D eigenvalue weighted by atomic mass is 13.9. The summed E-state index contributed by atoms with van der Waals surface area (Å²) >= 11 is 0. The Morgan fingerprint density at radius 2 is 0.750 bits per heavy atom. The van der Waals surface area contributed by atoms with Crippen molar-refractivity contribution in [2.24, 2.45) is 0 Å². The quantitative estimate of drug-likeness (QED) is 0.217. The molecule has 0 atom stereocenters. The summed E-state index contributed by atoms with van der Waals surface area (Å²) in [7, 11) is 0. The van der Waals surface area contributed by atoms with Crippen molar-refractivity contribution < 1.29 is 0 Å². The van der Waals surface area contributed by atoms with Crippen molar-refractivity contribution in [1.82, 2.24) is 0 Å². The van der Waals surface area contributed by atoms with E-state index in [1.807, 2.05) is 0 Å². The van der Waals surface area contributed by atoms with Crippen molar-refractivity contribution in [1.29, 1.82) is 0 Å². The van der Waals surface area contributed by atoms with Crippen LogP contribution in [0.15, 0.2) is 48.6 Å². The molecule has 1 rings (SSSR count). The molecule has 0 saturated carbocycles. The number of hydrogen-bond acceptors (Lipinski definition) is 0. The van der Waals surface area contributed by atoms with E-state index >= 15 is 0 Å². The molecular weight excluding hydrogens is 336 g/mol. The summed E-state index contributed by atoms with van der Waals surface area (Å²) in [6, 6.07) is 0. The van der Waals surface area contributed by atoms with E-state index in [9.17, 15) is 0 Å². The van der Waals surface area contributed by atoms with Crippen LogP contribution in [0, 0.1) is 0 Å². The second kappa shape index (κ2) is 30.7. The van der Waals surface area contributed by atoms with Gasteiger partial charge in [-0.15, -0.1) is 0 Å². The Labute approximate surface area is 179 Å². The normalized spacial score (nSPS) is 13.6. The highest BCUT2D eigenvalue weighted by Gasteiger charge is 1.87. The fraction of sp³-hybridized carbons (Fsp3) is 0.714. The Kier molecular flexibility index (Phi) is 32.0. The van der Waals surface area contributed by atoms with Gasteiger partial charge >= 0.3 is 0 Å². The molecule has 1 aliphatic rings. The van der Waals surface area contributed by atoms with Gasteiger partial charge in [-0.05, 0) is 77.0 Å². The van der Waals surface area contributed by atoms with Gasteiger partial charge in [0.1, 0.15) is 0 Å². The molecule has 0 heteroatoms. The number of rotatable bonds is 13. The van der Waals surface area contributed by atoms with E-state index in [1.54, 1.807) is 0 Å². The maximum Gasteiger partial charge on any atom is -0.0351 e. The van der Waals surface area contributed by atoms with Crippen LogP contribution in [0.3, 0.4) is 0 Å². The van der Waals surface area contributed by atoms with Crippen molar-refractivity contribution >= 4 is 0 Å². The van der Waals surface area contributed by atoms with Gasteiger partial charge in [-0.3, -0.25) is 0 Å². The molecule has 0 aromatic rings. The van der Waals surface area contributed by atoms with E-state index in [4.69, 9.17) is 0 Å². The van der Waals surface area contributed by atoms with Crippen molar-refractivity contribution in [2.45, 2.75) is 130 Å². The van der Waals surface area contributed by atoms with Crippen LogP contribution in [0.5, 0.6) is 0 Å². The summed E-state index contributed by atoms with van der Waals surface area (Å²) in [5.74, 6) is 0. The van der Waals surface area contributed by atoms with Gasteiger partial charge in [0.05, 0.1) is 0 Å². The van der Waals surface area contributed by atoms with Gasteiger partial charge in [-0.2, -0.15) is 0 Å². The minimum absolute atomic E-state index is 1.25. The first-order chi connectivity index (χ1) is 13.8. The van der Waals surface area contributed by atoms with Crippen LogP contribution >= 0.6 is 0 Å². The summed E-state index contributed by atoms with van der Waals surface area (Å²) in [6.07, 6.45) is 39.1. The Hall–Kier alpha value is -1.04. The Morgan fingerprint density at radius 3 is 0.964 bits per heavy atom. The molecule has 1 aliphatic carbocycles. The molecule has 164 valence electrons. The molecule has 0 N–H and O–H groups in total. The largest absolute Gasteiger partial charge is 0.0885 e. The van der Waals surface area contributed by atoms with Gasteiger partial charge in [-0.25, -0.2) is 0 Å². The van der Waals surface area contributed by atoms with Gasteiger partial charge in [0.15, 0.2) is 0 Å². The van der Waals surface area contributed by atoms with Gasteiger partial charge in [0, 0.05) is 0 Å². The monoisotopic (exact) mass is 388 g/mol. The first-order valence-corrected chi connectivity index (χ1v) is 12.4. The average Bonchev–Trinajstić information content (AvgIpc) is 2.75. The van der Waals surface area contributed by atoms with Crippen molar-refractivity contribution in [2.75, 3.05) is 0 Å². The molecule has 0 fully saturated rings. The molecule has 0 heterocycles.